The fourth-order valence-electron chi connectivity index (χ4n) is 3.40. The number of ether oxygens (including phenoxy) is 1. The summed E-state index contributed by atoms with van der Waals surface area (Å²) in [5, 5.41) is 11.2. The van der Waals surface area contributed by atoms with Gasteiger partial charge in [-0.15, -0.1) is 0 Å². The zero-order valence-electron chi connectivity index (χ0n) is 15.0. The van der Waals surface area contributed by atoms with E-state index >= 15 is 0 Å². The number of amides is 2. The summed E-state index contributed by atoms with van der Waals surface area (Å²) in [5.41, 5.74) is 2.93. The molecule has 140 valence electrons. The minimum Gasteiger partial charge on any atom is -0.383 e. The van der Waals surface area contributed by atoms with Crippen LogP contribution in [0.25, 0.3) is 10.9 Å². The molecule has 3 heterocycles. The number of H-pyrrole nitrogens is 1. The Morgan fingerprint density at radius 3 is 3.07 bits per heavy atom. The molecule has 27 heavy (non-hydrogen) atoms. The van der Waals surface area contributed by atoms with Crippen LogP contribution in [0.2, 0.25) is 0 Å². The van der Waals surface area contributed by atoms with Crippen LogP contribution in [0.1, 0.15) is 26.4 Å². The minimum atomic E-state index is -0.169. The van der Waals surface area contributed by atoms with Gasteiger partial charge in [0.25, 0.3) is 11.8 Å². The van der Waals surface area contributed by atoms with Crippen molar-refractivity contribution in [1.82, 2.24) is 25.4 Å². The van der Waals surface area contributed by atoms with Crippen LogP contribution in [0.3, 0.4) is 0 Å². The van der Waals surface area contributed by atoms with E-state index in [2.05, 4.69) is 20.7 Å². The van der Waals surface area contributed by atoms with Crippen molar-refractivity contribution >= 4 is 22.7 Å². The normalized spacial score (nSPS) is 15.7. The molecular formula is C19H21N5O3. The van der Waals surface area contributed by atoms with Gasteiger partial charge >= 0.3 is 0 Å². The highest BCUT2D eigenvalue weighted by atomic mass is 16.5. The van der Waals surface area contributed by atoms with Crippen molar-refractivity contribution in [2.24, 2.45) is 0 Å². The van der Waals surface area contributed by atoms with Crippen LogP contribution in [0.15, 0.2) is 36.7 Å². The molecule has 3 N–H and O–H groups in total. The quantitative estimate of drug-likeness (QED) is 0.568. The summed E-state index contributed by atoms with van der Waals surface area (Å²) in [6.07, 6.45) is 4.00. The maximum Gasteiger partial charge on any atom is 0.254 e. The van der Waals surface area contributed by atoms with E-state index in [1.165, 1.54) is 0 Å². The van der Waals surface area contributed by atoms with Gasteiger partial charge in [0, 0.05) is 37.4 Å². The summed E-state index contributed by atoms with van der Waals surface area (Å²) >= 11 is 0. The Labute approximate surface area is 155 Å². The maximum atomic E-state index is 12.6. The van der Waals surface area contributed by atoms with Crippen LogP contribution in [0, 0.1) is 0 Å². The molecule has 0 saturated heterocycles. The molecule has 1 aliphatic heterocycles. The Morgan fingerprint density at radius 2 is 2.22 bits per heavy atom. The number of hydrogen-bond acceptors (Lipinski definition) is 4. The molecule has 1 aromatic carbocycles. The van der Waals surface area contributed by atoms with Gasteiger partial charge in [0.05, 0.1) is 36.6 Å². The van der Waals surface area contributed by atoms with E-state index < -0.39 is 0 Å². The Bertz CT molecular complexity index is 990. The van der Waals surface area contributed by atoms with Crippen molar-refractivity contribution in [3.63, 3.8) is 0 Å². The zero-order chi connectivity index (χ0) is 18.8. The maximum absolute atomic E-state index is 12.6. The lowest BCUT2D eigenvalue weighted by atomic mass is 10.1. The van der Waals surface area contributed by atoms with Gasteiger partial charge in [0.2, 0.25) is 0 Å². The summed E-state index contributed by atoms with van der Waals surface area (Å²) in [6.45, 7) is 1.46. The van der Waals surface area contributed by atoms with E-state index in [9.17, 15) is 9.59 Å². The SMILES string of the molecule is COCCNC(=O)c1cnn2c1C[C@H](NC(=O)c1ccc3cc[nH]c3c1)C2. The number of nitrogens with one attached hydrogen (secondary N) is 3. The minimum absolute atomic E-state index is 0.0916. The number of benzene rings is 1. The molecule has 0 aliphatic carbocycles. The van der Waals surface area contributed by atoms with Gasteiger partial charge in [-0.3, -0.25) is 14.3 Å². The van der Waals surface area contributed by atoms with Gasteiger partial charge in [0.1, 0.15) is 0 Å². The number of carbonyl (C=O) groups is 2. The lowest BCUT2D eigenvalue weighted by Gasteiger charge is -2.12. The molecule has 0 spiro atoms. The van der Waals surface area contributed by atoms with E-state index in [1.807, 2.05) is 30.5 Å². The predicted molar refractivity (Wildman–Crippen MR) is 99.7 cm³/mol. The number of aromatic amines is 1. The molecule has 0 radical (unpaired) electrons. The number of fused-ring (bicyclic) bond motifs is 2. The molecular weight excluding hydrogens is 346 g/mol. The highest BCUT2D eigenvalue weighted by molar-refractivity contribution is 5.98. The molecule has 2 aromatic heterocycles. The number of methoxy groups -OCH3 is 1. The number of hydrogen-bond donors (Lipinski definition) is 3. The van der Waals surface area contributed by atoms with Crippen molar-refractivity contribution in [1.29, 1.82) is 0 Å². The number of nitrogens with zero attached hydrogens (tertiary/aromatic N) is 2. The molecule has 4 rings (SSSR count). The van der Waals surface area contributed by atoms with E-state index in [0.29, 0.717) is 37.2 Å². The van der Waals surface area contributed by atoms with Crippen LogP contribution in [0.4, 0.5) is 0 Å². The summed E-state index contributed by atoms with van der Waals surface area (Å²) in [7, 11) is 1.59. The largest absolute Gasteiger partial charge is 0.383 e. The summed E-state index contributed by atoms with van der Waals surface area (Å²) in [6, 6.07) is 7.45. The van der Waals surface area contributed by atoms with Gasteiger partial charge in [-0.05, 0) is 23.6 Å². The summed E-state index contributed by atoms with van der Waals surface area (Å²) < 4.78 is 6.72. The predicted octanol–water partition coefficient (Wildman–Crippen LogP) is 1.10. The second-order valence-corrected chi connectivity index (χ2v) is 6.59. The van der Waals surface area contributed by atoms with E-state index in [4.69, 9.17) is 4.74 Å². The molecule has 0 unspecified atom stereocenters. The van der Waals surface area contributed by atoms with Crippen molar-refractivity contribution < 1.29 is 14.3 Å². The first-order valence-electron chi connectivity index (χ1n) is 8.85. The fraction of sp³-hybridized carbons (Fsp3) is 0.316. The second kappa shape index (κ2) is 7.24. The number of aromatic nitrogens is 3. The molecule has 0 saturated carbocycles. The molecule has 8 heteroatoms. The van der Waals surface area contributed by atoms with Crippen LogP contribution in [0.5, 0.6) is 0 Å². The first kappa shape index (κ1) is 17.3. The van der Waals surface area contributed by atoms with Crippen LogP contribution < -0.4 is 10.6 Å². The van der Waals surface area contributed by atoms with Gasteiger partial charge < -0.3 is 20.4 Å². The lowest BCUT2D eigenvalue weighted by Crippen LogP contribution is -2.36. The Hall–Kier alpha value is -3.13. The zero-order valence-corrected chi connectivity index (χ0v) is 15.0. The van der Waals surface area contributed by atoms with Crippen LogP contribution >= 0.6 is 0 Å². The Balaban J connectivity index is 1.41. The molecule has 3 aromatic rings. The monoisotopic (exact) mass is 367 g/mol. The van der Waals surface area contributed by atoms with E-state index in [1.54, 1.807) is 18.0 Å². The highest BCUT2D eigenvalue weighted by Gasteiger charge is 2.29. The summed E-state index contributed by atoms with van der Waals surface area (Å²) in [5.74, 6) is -0.300. The lowest BCUT2D eigenvalue weighted by molar-refractivity contribution is 0.0931. The van der Waals surface area contributed by atoms with E-state index in [-0.39, 0.29) is 17.9 Å². The Morgan fingerprint density at radius 1 is 1.33 bits per heavy atom. The third kappa shape index (κ3) is 3.43. The van der Waals surface area contributed by atoms with Gasteiger partial charge in [-0.2, -0.15) is 5.10 Å². The molecule has 2 amide bonds. The molecule has 0 fully saturated rings. The third-order valence-electron chi connectivity index (χ3n) is 4.77. The van der Waals surface area contributed by atoms with Crippen molar-refractivity contribution in [3.8, 4) is 0 Å². The standard InChI is InChI=1S/C19H21N5O3/c1-27-7-6-21-19(26)15-10-22-24-11-14(9-17(15)24)23-18(25)13-3-2-12-4-5-20-16(12)8-13/h2-5,8,10,14,20H,6-7,9,11H2,1H3,(H,21,26)(H,23,25)/t14-/m0/s1. The van der Waals surface area contributed by atoms with Gasteiger partial charge in [-0.1, -0.05) is 6.07 Å². The average molecular weight is 367 g/mol. The van der Waals surface area contributed by atoms with Gasteiger partial charge in [-0.25, -0.2) is 0 Å². The van der Waals surface area contributed by atoms with E-state index in [0.717, 1.165) is 16.6 Å². The molecule has 1 atom stereocenters. The Kier molecular flexibility index (Phi) is 4.64. The smallest absolute Gasteiger partial charge is 0.254 e. The molecule has 8 nitrogen and oxygen atoms in total. The summed E-state index contributed by atoms with van der Waals surface area (Å²) in [4.78, 5) is 28.0. The van der Waals surface area contributed by atoms with Crippen LogP contribution in [-0.2, 0) is 17.7 Å². The second-order valence-electron chi connectivity index (χ2n) is 6.59. The van der Waals surface area contributed by atoms with Gasteiger partial charge in [0.15, 0.2) is 0 Å². The molecule has 0 bridgehead atoms. The van der Waals surface area contributed by atoms with Crippen LogP contribution in [-0.4, -0.2) is 52.9 Å². The average Bonchev–Trinajstić information content (AvgIpc) is 3.36. The highest BCUT2D eigenvalue weighted by Crippen LogP contribution is 2.20. The fourth-order valence-corrected chi connectivity index (χ4v) is 3.40. The first-order chi connectivity index (χ1) is 13.2. The van der Waals surface area contributed by atoms with Crippen molar-refractivity contribution in [2.75, 3.05) is 20.3 Å². The molecule has 1 aliphatic rings. The van der Waals surface area contributed by atoms with Crippen molar-refractivity contribution in [3.05, 3.63) is 53.5 Å². The topological polar surface area (TPSA) is 101 Å². The van der Waals surface area contributed by atoms with Crippen molar-refractivity contribution in [2.45, 2.75) is 19.0 Å². The number of carbonyl (C=O) groups excluding carboxylic acids is 2. The first-order valence-corrected chi connectivity index (χ1v) is 8.85. The number of rotatable bonds is 6. The third-order valence-corrected chi connectivity index (χ3v) is 4.77.